The Labute approximate surface area is 115 Å². The van der Waals surface area contributed by atoms with Gasteiger partial charge >= 0.3 is 0 Å². The van der Waals surface area contributed by atoms with Crippen LogP contribution in [0, 0.1) is 0 Å². The molecule has 2 aromatic rings. The van der Waals surface area contributed by atoms with Crippen molar-refractivity contribution in [1.29, 1.82) is 0 Å². The number of benzene rings is 2. The summed E-state index contributed by atoms with van der Waals surface area (Å²) < 4.78 is 5.20. The predicted molar refractivity (Wildman–Crippen MR) is 79.5 cm³/mol. The molecule has 0 unspecified atom stereocenters. The molecular weight excluding hydrogens is 234 g/mol. The van der Waals surface area contributed by atoms with E-state index in [9.17, 15) is 0 Å². The number of methoxy groups -OCH3 is 1. The highest BCUT2D eigenvalue weighted by atomic mass is 16.5. The summed E-state index contributed by atoms with van der Waals surface area (Å²) in [7, 11) is 1.68. The fourth-order valence-electron chi connectivity index (χ4n) is 2.33. The average Bonchev–Trinajstić information content (AvgIpc) is 2.46. The van der Waals surface area contributed by atoms with Gasteiger partial charge in [0.05, 0.1) is 7.11 Å². The molecule has 2 aromatic carbocycles. The standard InChI is InChI=1S/C17H21NO/c1-13(18)17(12-14-6-4-3-5-7-14)15-8-10-16(19-2)11-9-15/h3-11,13,17H,12,18H2,1-2H3/t13-,17-/m1/s1. The topological polar surface area (TPSA) is 35.2 Å². The normalized spacial score (nSPS) is 13.8. The molecule has 0 spiro atoms. The SMILES string of the molecule is COc1ccc([C@H](Cc2ccccc2)[C@@H](C)N)cc1. The lowest BCUT2D eigenvalue weighted by molar-refractivity contribution is 0.414. The largest absolute Gasteiger partial charge is 0.497 e. The first-order chi connectivity index (χ1) is 9.20. The summed E-state index contributed by atoms with van der Waals surface area (Å²) in [6.45, 7) is 2.07. The molecule has 2 atom stereocenters. The van der Waals surface area contributed by atoms with Crippen LogP contribution in [-0.4, -0.2) is 13.2 Å². The molecule has 0 aromatic heterocycles. The average molecular weight is 255 g/mol. The summed E-state index contributed by atoms with van der Waals surface area (Å²) in [6, 6.07) is 18.8. The summed E-state index contributed by atoms with van der Waals surface area (Å²) in [5, 5.41) is 0. The third-order valence-electron chi connectivity index (χ3n) is 3.48. The summed E-state index contributed by atoms with van der Waals surface area (Å²) in [4.78, 5) is 0. The minimum absolute atomic E-state index is 0.119. The molecule has 0 aliphatic carbocycles. The smallest absolute Gasteiger partial charge is 0.118 e. The van der Waals surface area contributed by atoms with Gasteiger partial charge in [-0.2, -0.15) is 0 Å². The van der Waals surface area contributed by atoms with E-state index >= 15 is 0 Å². The zero-order chi connectivity index (χ0) is 13.7. The molecule has 2 N–H and O–H groups in total. The summed E-state index contributed by atoms with van der Waals surface area (Å²) in [5.41, 5.74) is 8.74. The zero-order valence-electron chi connectivity index (χ0n) is 11.5. The Hall–Kier alpha value is -1.80. The summed E-state index contributed by atoms with van der Waals surface area (Å²) >= 11 is 0. The van der Waals surface area contributed by atoms with Crippen LogP contribution in [0.25, 0.3) is 0 Å². The lowest BCUT2D eigenvalue weighted by Gasteiger charge is -2.21. The molecule has 2 nitrogen and oxygen atoms in total. The van der Waals surface area contributed by atoms with Gasteiger partial charge in [-0.05, 0) is 36.6 Å². The van der Waals surface area contributed by atoms with Crippen LogP contribution in [0.2, 0.25) is 0 Å². The van der Waals surface area contributed by atoms with Gasteiger partial charge < -0.3 is 10.5 Å². The van der Waals surface area contributed by atoms with Crippen molar-refractivity contribution in [3.05, 3.63) is 65.7 Å². The third-order valence-corrected chi connectivity index (χ3v) is 3.48. The Morgan fingerprint density at radius 1 is 1.00 bits per heavy atom. The molecule has 19 heavy (non-hydrogen) atoms. The molecular formula is C17H21NO. The van der Waals surface area contributed by atoms with Gasteiger partial charge in [0.15, 0.2) is 0 Å². The van der Waals surface area contributed by atoms with Gasteiger partial charge in [0.1, 0.15) is 5.75 Å². The molecule has 0 fully saturated rings. The molecule has 0 aliphatic heterocycles. The van der Waals surface area contributed by atoms with E-state index in [1.165, 1.54) is 11.1 Å². The van der Waals surface area contributed by atoms with E-state index in [1.807, 2.05) is 18.2 Å². The van der Waals surface area contributed by atoms with E-state index in [0.29, 0.717) is 5.92 Å². The van der Waals surface area contributed by atoms with Gasteiger partial charge in [-0.15, -0.1) is 0 Å². The zero-order valence-corrected chi connectivity index (χ0v) is 11.5. The van der Waals surface area contributed by atoms with E-state index in [0.717, 1.165) is 12.2 Å². The van der Waals surface area contributed by atoms with Crippen LogP contribution in [0.4, 0.5) is 0 Å². The molecule has 2 rings (SSSR count). The minimum atomic E-state index is 0.119. The van der Waals surface area contributed by atoms with Gasteiger partial charge in [-0.1, -0.05) is 42.5 Å². The Morgan fingerprint density at radius 3 is 2.16 bits per heavy atom. The molecule has 0 heterocycles. The first-order valence-electron chi connectivity index (χ1n) is 6.64. The van der Waals surface area contributed by atoms with Crippen LogP contribution >= 0.6 is 0 Å². The van der Waals surface area contributed by atoms with E-state index in [2.05, 4.69) is 43.3 Å². The summed E-state index contributed by atoms with van der Waals surface area (Å²) in [6.07, 6.45) is 0.963. The van der Waals surface area contributed by atoms with E-state index in [4.69, 9.17) is 10.5 Å². The van der Waals surface area contributed by atoms with Crippen molar-refractivity contribution in [2.45, 2.75) is 25.3 Å². The Balaban J connectivity index is 2.19. The second-order valence-electron chi connectivity index (χ2n) is 4.93. The molecule has 0 saturated heterocycles. The molecule has 0 radical (unpaired) electrons. The first kappa shape index (κ1) is 13.6. The highest BCUT2D eigenvalue weighted by Crippen LogP contribution is 2.25. The molecule has 0 saturated carbocycles. The van der Waals surface area contributed by atoms with Crippen LogP contribution in [0.5, 0.6) is 5.75 Å². The van der Waals surface area contributed by atoms with Crippen molar-refractivity contribution in [3.8, 4) is 5.75 Å². The third kappa shape index (κ3) is 3.58. The number of hydrogen-bond acceptors (Lipinski definition) is 2. The van der Waals surface area contributed by atoms with Crippen molar-refractivity contribution >= 4 is 0 Å². The van der Waals surface area contributed by atoms with Crippen LogP contribution < -0.4 is 10.5 Å². The van der Waals surface area contributed by atoms with Crippen molar-refractivity contribution in [2.75, 3.05) is 7.11 Å². The Morgan fingerprint density at radius 2 is 1.63 bits per heavy atom. The first-order valence-corrected chi connectivity index (χ1v) is 6.64. The molecule has 0 amide bonds. The lowest BCUT2D eigenvalue weighted by Crippen LogP contribution is -2.26. The number of nitrogens with two attached hydrogens (primary N) is 1. The maximum absolute atomic E-state index is 6.16. The Bertz CT molecular complexity index is 490. The lowest BCUT2D eigenvalue weighted by atomic mass is 9.87. The molecule has 2 heteroatoms. The van der Waals surface area contributed by atoms with Gasteiger partial charge in [0, 0.05) is 12.0 Å². The van der Waals surface area contributed by atoms with Crippen molar-refractivity contribution in [3.63, 3.8) is 0 Å². The Kier molecular flexibility index (Phi) is 4.58. The molecule has 100 valence electrons. The highest BCUT2D eigenvalue weighted by molar-refractivity contribution is 5.31. The second-order valence-corrected chi connectivity index (χ2v) is 4.93. The fourth-order valence-corrected chi connectivity index (χ4v) is 2.33. The maximum Gasteiger partial charge on any atom is 0.118 e. The van der Waals surface area contributed by atoms with Crippen molar-refractivity contribution in [2.24, 2.45) is 5.73 Å². The predicted octanol–water partition coefficient (Wildman–Crippen LogP) is 3.37. The molecule has 0 bridgehead atoms. The minimum Gasteiger partial charge on any atom is -0.497 e. The van der Waals surface area contributed by atoms with Gasteiger partial charge in [0.25, 0.3) is 0 Å². The van der Waals surface area contributed by atoms with Gasteiger partial charge in [-0.3, -0.25) is 0 Å². The number of rotatable bonds is 5. The van der Waals surface area contributed by atoms with E-state index in [1.54, 1.807) is 7.11 Å². The van der Waals surface area contributed by atoms with Gasteiger partial charge in [0.2, 0.25) is 0 Å². The second kappa shape index (κ2) is 6.39. The van der Waals surface area contributed by atoms with Gasteiger partial charge in [-0.25, -0.2) is 0 Å². The van der Waals surface area contributed by atoms with E-state index < -0.39 is 0 Å². The van der Waals surface area contributed by atoms with Crippen LogP contribution in [0.15, 0.2) is 54.6 Å². The fraction of sp³-hybridized carbons (Fsp3) is 0.294. The molecule has 0 aliphatic rings. The van der Waals surface area contributed by atoms with Crippen LogP contribution in [0.3, 0.4) is 0 Å². The van der Waals surface area contributed by atoms with Crippen LogP contribution in [0.1, 0.15) is 24.0 Å². The van der Waals surface area contributed by atoms with Crippen molar-refractivity contribution in [1.82, 2.24) is 0 Å². The van der Waals surface area contributed by atoms with E-state index in [-0.39, 0.29) is 6.04 Å². The van der Waals surface area contributed by atoms with Crippen LogP contribution in [-0.2, 0) is 6.42 Å². The highest BCUT2D eigenvalue weighted by Gasteiger charge is 2.16. The summed E-state index contributed by atoms with van der Waals surface area (Å²) in [5.74, 6) is 1.21. The number of ether oxygens (including phenoxy) is 1. The maximum atomic E-state index is 6.16. The van der Waals surface area contributed by atoms with Crippen molar-refractivity contribution < 1.29 is 4.74 Å². The number of hydrogen-bond donors (Lipinski definition) is 1. The monoisotopic (exact) mass is 255 g/mol. The quantitative estimate of drug-likeness (QED) is 0.889.